The highest BCUT2D eigenvalue weighted by molar-refractivity contribution is 7.89. The van der Waals surface area contributed by atoms with E-state index in [0.29, 0.717) is 13.2 Å². The normalized spacial score (nSPS) is 17.3. The van der Waals surface area contributed by atoms with Crippen LogP contribution in [0.5, 0.6) is 0 Å². The monoisotopic (exact) mass is 353 g/mol. The van der Waals surface area contributed by atoms with Crippen molar-refractivity contribution in [3.8, 4) is 0 Å². The van der Waals surface area contributed by atoms with E-state index in [1.54, 1.807) is 0 Å². The highest BCUT2D eigenvalue weighted by atomic mass is 35.5. The molecule has 1 aliphatic rings. The summed E-state index contributed by atoms with van der Waals surface area (Å²) >= 11 is 11.6. The molecule has 0 spiro atoms. The highest BCUT2D eigenvalue weighted by Crippen LogP contribution is 2.32. The minimum Gasteiger partial charge on any atom is -0.478 e. The number of ether oxygens (including phenoxy) is 1. The zero-order valence-electron chi connectivity index (χ0n) is 11.0. The van der Waals surface area contributed by atoms with E-state index in [9.17, 15) is 13.2 Å². The van der Waals surface area contributed by atoms with Gasteiger partial charge in [0.25, 0.3) is 0 Å². The largest absolute Gasteiger partial charge is 0.478 e. The average molecular weight is 354 g/mol. The van der Waals surface area contributed by atoms with Crippen LogP contribution in [-0.4, -0.2) is 39.3 Å². The molecule has 116 valence electrons. The van der Waals surface area contributed by atoms with Gasteiger partial charge in [-0.25, -0.2) is 17.9 Å². The molecule has 2 N–H and O–H groups in total. The average Bonchev–Trinajstić information content (AvgIpc) is 2.33. The maximum absolute atomic E-state index is 12.3. The molecule has 1 aromatic rings. The number of carbonyl (C=O) groups is 1. The standard InChI is InChI=1S/C12H13Cl2NO5S/c1-12(5-20-6-12)4-15-21(18,19)8-3-2-7(13)9(10(8)14)11(16)17/h2-3,15H,4-6H2,1H3,(H,16,17). The molecule has 0 unspecified atom stereocenters. The van der Waals surface area contributed by atoms with Crippen molar-refractivity contribution in [1.82, 2.24) is 4.72 Å². The van der Waals surface area contributed by atoms with Crippen LogP contribution in [0.2, 0.25) is 10.0 Å². The van der Waals surface area contributed by atoms with Gasteiger partial charge in [0.1, 0.15) is 4.90 Å². The molecule has 1 aromatic carbocycles. The second-order valence-corrected chi connectivity index (χ2v) is 7.69. The number of rotatable bonds is 5. The molecule has 1 heterocycles. The first-order chi connectivity index (χ1) is 9.66. The Labute approximate surface area is 132 Å². The van der Waals surface area contributed by atoms with Crippen molar-refractivity contribution in [2.75, 3.05) is 19.8 Å². The van der Waals surface area contributed by atoms with Gasteiger partial charge in [-0.15, -0.1) is 0 Å². The Bertz CT molecular complexity index is 685. The predicted octanol–water partition coefficient (Wildman–Crippen LogP) is 2.01. The Kier molecular flexibility index (Phi) is 4.51. The smallest absolute Gasteiger partial charge is 0.338 e. The van der Waals surface area contributed by atoms with Gasteiger partial charge in [0.2, 0.25) is 10.0 Å². The molecule has 0 atom stereocenters. The van der Waals surface area contributed by atoms with E-state index in [1.807, 2.05) is 6.92 Å². The number of sulfonamides is 1. The van der Waals surface area contributed by atoms with Gasteiger partial charge in [-0.2, -0.15) is 0 Å². The second-order valence-electron chi connectivity index (χ2n) is 5.17. The molecule has 21 heavy (non-hydrogen) atoms. The third kappa shape index (κ3) is 3.32. The second kappa shape index (κ2) is 5.73. The van der Waals surface area contributed by atoms with Crippen LogP contribution in [0, 0.1) is 5.41 Å². The van der Waals surface area contributed by atoms with Crippen LogP contribution in [0.25, 0.3) is 0 Å². The molecule has 0 bridgehead atoms. The zero-order chi connectivity index (χ0) is 15.8. The summed E-state index contributed by atoms with van der Waals surface area (Å²) in [5, 5.41) is 8.52. The van der Waals surface area contributed by atoms with E-state index in [1.165, 1.54) is 12.1 Å². The van der Waals surface area contributed by atoms with Crippen LogP contribution in [0.4, 0.5) is 0 Å². The number of hydrogen-bond acceptors (Lipinski definition) is 4. The third-order valence-electron chi connectivity index (χ3n) is 3.15. The van der Waals surface area contributed by atoms with E-state index in [4.69, 9.17) is 33.0 Å². The number of hydrogen-bond donors (Lipinski definition) is 2. The van der Waals surface area contributed by atoms with Gasteiger partial charge in [0, 0.05) is 12.0 Å². The lowest BCUT2D eigenvalue weighted by atomic mass is 9.89. The molecular weight excluding hydrogens is 341 g/mol. The summed E-state index contributed by atoms with van der Waals surface area (Å²) in [6.45, 7) is 2.98. The van der Waals surface area contributed by atoms with Crippen molar-refractivity contribution < 1.29 is 23.1 Å². The van der Waals surface area contributed by atoms with Gasteiger partial charge < -0.3 is 9.84 Å². The molecule has 0 amide bonds. The van der Waals surface area contributed by atoms with E-state index >= 15 is 0 Å². The van der Waals surface area contributed by atoms with Gasteiger partial charge in [-0.05, 0) is 12.1 Å². The van der Waals surface area contributed by atoms with Crippen LogP contribution in [-0.2, 0) is 14.8 Å². The number of aromatic carboxylic acids is 1. The molecule has 1 saturated heterocycles. The molecule has 2 rings (SSSR count). The van der Waals surface area contributed by atoms with E-state index in [-0.39, 0.29) is 21.9 Å². The third-order valence-corrected chi connectivity index (χ3v) is 5.41. The summed E-state index contributed by atoms with van der Waals surface area (Å²) in [5.41, 5.74) is -0.693. The lowest BCUT2D eigenvalue weighted by Gasteiger charge is -2.37. The fourth-order valence-electron chi connectivity index (χ4n) is 1.84. The fourth-order valence-corrected chi connectivity index (χ4v) is 3.95. The molecular formula is C12H13Cl2NO5S. The number of carboxylic acids is 1. The first kappa shape index (κ1) is 16.5. The van der Waals surface area contributed by atoms with Crippen molar-refractivity contribution >= 4 is 39.2 Å². The van der Waals surface area contributed by atoms with Gasteiger partial charge in [0.05, 0.1) is 28.8 Å². The van der Waals surface area contributed by atoms with Gasteiger partial charge >= 0.3 is 5.97 Å². The lowest BCUT2D eigenvalue weighted by molar-refractivity contribution is -0.0965. The van der Waals surface area contributed by atoms with Crippen molar-refractivity contribution in [2.45, 2.75) is 11.8 Å². The van der Waals surface area contributed by atoms with Gasteiger partial charge in [0.15, 0.2) is 0 Å². The first-order valence-corrected chi connectivity index (χ1v) is 8.19. The Balaban J connectivity index is 2.32. The summed E-state index contributed by atoms with van der Waals surface area (Å²) in [4.78, 5) is 10.8. The van der Waals surface area contributed by atoms with Crippen molar-refractivity contribution in [3.05, 3.63) is 27.7 Å². The van der Waals surface area contributed by atoms with Crippen LogP contribution >= 0.6 is 23.2 Å². The molecule has 1 fully saturated rings. The molecule has 1 aliphatic heterocycles. The van der Waals surface area contributed by atoms with Crippen molar-refractivity contribution in [2.24, 2.45) is 5.41 Å². The molecule has 0 saturated carbocycles. The quantitative estimate of drug-likeness (QED) is 0.844. The topological polar surface area (TPSA) is 92.7 Å². The van der Waals surface area contributed by atoms with E-state index < -0.39 is 26.6 Å². The highest BCUT2D eigenvalue weighted by Gasteiger charge is 2.35. The number of nitrogens with one attached hydrogen (secondary N) is 1. The Morgan fingerprint density at radius 1 is 1.43 bits per heavy atom. The Morgan fingerprint density at radius 3 is 2.52 bits per heavy atom. The van der Waals surface area contributed by atoms with Crippen molar-refractivity contribution in [3.63, 3.8) is 0 Å². The zero-order valence-corrected chi connectivity index (χ0v) is 13.3. The van der Waals surface area contributed by atoms with Crippen LogP contribution < -0.4 is 4.72 Å². The van der Waals surface area contributed by atoms with Gasteiger partial charge in [-0.3, -0.25) is 0 Å². The minimum atomic E-state index is -3.93. The minimum absolute atomic E-state index is 0.120. The van der Waals surface area contributed by atoms with Crippen LogP contribution in [0.15, 0.2) is 17.0 Å². The molecule has 0 aliphatic carbocycles. The van der Waals surface area contributed by atoms with Gasteiger partial charge in [-0.1, -0.05) is 30.1 Å². The predicted molar refractivity (Wildman–Crippen MR) is 77.5 cm³/mol. The van der Waals surface area contributed by atoms with Crippen molar-refractivity contribution in [1.29, 1.82) is 0 Å². The summed E-state index contributed by atoms with van der Waals surface area (Å²) in [6.07, 6.45) is 0. The maximum atomic E-state index is 12.3. The molecule has 0 radical (unpaired) electrons. The fraction of sp³-hybridized carbons (Fsp3) is 0.417. The van der Waals surface area contributed by atoms with Crippen LogP contribution in [0.1, 0.15) is 17.3 Å². The Morgan fingerprint density at radius 2 is 2.05 bits per heavy atom. The maximum Gasteiger partial charge on any atom is 0.338 e. The van der Waals surface area contributed by atoms with Crippen LogP contribution in [0.3, 0.4) is 0 Å². The summed E-state index contributed by atoms with van der Waals surface area (Å²) in [7, 11) is -3.93. The lowest BCUT2D eigenvalue weighted by Crippen LogP contribution is -2.48. The summed E-state index contributed by atoms with van der Waals surface area (Å²) in [5.74, 6) is -1.39. The number of halogens is 2. The summed E-state index contributed by atoms with van der Waals surface area (Å²) < 4.78 is 32.0. The summed E-state index contributed by atoms with van der Waals surface area (Å²) in [6, 6.07) is 2.37. The van der Waals surface area contributed by atoms with E-state index in [2.05, 4.69) is 4.72 Å². The first-order valence-electron chi connectivity index (χ1n) is 5.95. The number of benzene rings is 1. The SMILES string of the molecule is CC1(CNS(=O)(=O)c2ccc(Cl)c(C(=O)O)c2Cl)COC1. The number of carboxylic acid groups (broad SMARTS) is 1. The molecule has 9 heteroatoms. The Hall–Kier alpha value is -0.860. The molecule has 6 nitrogen and oxygen atoms in total. The van der Waals surface area contributed by atoms with E-state index in [0.717, 1.165) is 0 Å². The molecule has 0 aromatic heterocycles.